The molecule has 7 N–H and O–H groups in total. The molecule has 3 aliphatic heterocycles. The Morgan fingerprint density at radius 1 is 0.695 bits per heavy atom. The molecule has 59 heavy (non-hydrogen) atoms. The number of rotatable bonds is 7. The van der Waals surface area contributed by atoms with Crippen molar-refractivity contribution in [1.82, 2.24) is 41.4 Å². The molecule has 0 aliphatic carbocycles. The molecule has 2 aromatic carbocycles. The van der Waals surface area contributed by atoms with Crippen molar-refractivity contribution >= 4 is 52.3 Å². The largest absolute Gasteiger partial charge is 0.508 e. The predicted octanol–water partition coefficient (Wildman–Crippen LogP) is 1.41. The Hall–Kier alpha value is -5.93. The van der Waals surface area contributed by atoms with Crippen LogP contribution in [0, 0.1) is 11.8 Å². The van der Waals surface area contributed by atoms with Gasteiger partial charge in [0.2, 0.25) is 41.4 Å². The van der Waals surface area contributed by atoms with Crippen molar-refractivity contribution in [2.24, 2.45) is 11.8 Å². The van der Waals surface area contributed by atoms with Gasteiger partial charge in [-0.2, -0.15) is 0 Å². The van der Waals surface area contributed by atoms with Gasteiger partial charge < -0.3 is 46.5 Å². The average molecular weight is 813 g/mol. The summed E-state index contributed by atoms with van der Waals surface area (Å²) in [4.78, 5) is 105. The van der Waals surface area contributed by atoms with Crippen LogP contribution in [-0.2, 0) is 46.4 Å². The van der Waals surface area contributed by atoms with Crippen LogP contribution in [0.1, 0.15) is 70.9 Å². The number of hydrogen-bond acceptors (Lipinski definition) is 8. The van der Waals surface area contributed by atoms with Crippen molar-refractivity contribution in [3.63, 3.8) is 0 Å². The van der Waals surface area contributed by atoms with E-state index in [0.29, 0.717) is 37.7 Å². The number of aromatic amines is 1. The molecule has 3 aliphatic rings. The number of phenols is 1. The SMILES string of the molecule is CC[C@@H](C)[C@@H]1NC(=O)[C@@H]2CCCN2C(=O)[C@H](C(C)C)NC(=O)[C@H](Cc2ccc(O)cc2)NC(=O)CNC(=O)[C@@H]2CCCN2C(=O)[C@H](Cc2c[nH]c3ccccc23)NC1=O. The van der Waals surface area contributed by atoms with Crippen LogP contribution in [0.4, 0.5) is 0 Å². The number of aromatic hydroxyl groups is 1. The zero-order chi connectivity index (χ0) is 42.4. The first kappa shape index (κ1) is 42.7. The summed E-state index contributed by atoms with van der Waals surface area (Å²) in [5, 5.41) is 24.7. The number of para-hydroxylation sites is 1. The van der Waals surface area contributed by atoms with Crippen molar-refractivity contribution in [2.75, 3.05) is 19.6 Å². The number of amides is 7. The molecule has 1 aromatic heterocycles. The summed E-state index contributed by atoms with van der Waals surface area (Å²) in [6, 6.07) is 7.42. The fourth-order valence-electron chi connectivity index (χ4n) is 8.29. The van der Waals surface area contributed by atoms with Gasteiger partial charge in [-0.3, -0.25) is 33.6 Å². The van der Waals surface area contributed by atoms with E-state index >= 15 is 0 Å². The van der Waals surface area contributed by atoms with E-state index in [4.69, 9.17) is 0 Å². The van der Waals surface area contributed by atoms with E-state index in [-0.39, 0.29) is 37.6 Å². The molecular formula is C43H56N8O8. The zero-order valence-corrected chi connectivity index (χ0v) is 34.1. The van der Waals surface area contributed by atoms with E-state index in [9.17, 15) is 38.7 Å². The third kappa shape index (κ3) is 9.86. The number of aromatic nitrogens is 1. The normalized spacial score (nSPS) is 26.0. The Morgan fingerprint density at radius 2 is 1.34 bits per heavy atom. The maximum Gasteiger partial charge on any atom is 0.246 e. The Bertz CT molecular complexity index is 2050. The zero-order valence-electron chi connectivity index (χ0n) is 34.1. The van der Waals surface area contributed by atoms with Crippen LogP contribution in [0.3, 0.4) is 0 Å². The lowest BCUT2D eigenvalue weighted by Crippen LogP contribution is -2.61. The Labute approximate surface area is 343 Å². The topological polar surface area (TPSA) is 222 Å². The summed E-state index contributed by atoms with van der Waals surface area (Å²) in [5.74, 6) is -4.71. The monoisotopic (exact) mass is 812 g/mol. The van der Waals surface area contributed by atoms with E-state index in [2.05, 4.69) is 31.6 Å². The van der Waals surface area contributed by atoms with Crippen molar-refractivity contribution in [3.8, 4) is 5.75 Å². The molecule has 7 amide bonds. The summed E-state index contributed by atoms with van der Waals surface area (Å²) in [6.45, 7) is 7.24. The van der Waals surface area contributed by atoms with Crippen LogP contribution in [-0.4, -0.2) is 117 Å². The van der Waals surface area contributed by atoms with E-state index in [1.54, 1.807) is 32.2 Å². The second-order valence-corrected chi connectivity index (χ2v) is 16.3. The minimum Gasteiger partial charge on any atom is -0.508 e. The summed E-state index contributed by atoms with van der Waals surface area (Å²) in [7, 11) is 0. The van der Waals surface area contributed by atoms with Gasteiger partial charge in [-0.25, -0.2) is 0 Å². The number of nitrogens with one attached hydrogen (secondary N) is 6. The molecule has 3 saturated heterocycles. The molecule has 4 heterocycles. The highest BCUT2D eigenvalue weighted by Gasteiger charge is 2.43. The third-order valence-electron chi connectivity index (χ3n) is 11.9. The van der Waals surface area contributed by atoms with Gasteiger partial charge >= 0.3 is 0 Å². The quantitative estimate of drug-likeness (QED) is 0.185. The number of carbonyl (C=O) groups excluding carboxylic acids is 7. The Kier molecular flexibility index (Phi) is 13.6. The first-order valence-corrected chi connectivity index (χ1v) is 20.7. The van der Waals surface area contributed by atoms with Crippen LogP contribution in [0.2, 0.25) is 0 Å². The molecule has 316 valence electrons. The summed E-state index contributed by atoms with van der Waals surface area (Å²) in [5.41, 5.74) is 2.24. The molecule has 3 fully saturated rings. The summed E-state index contributed by atoms with van der Waals surface area (Å²) < 4.78 is 0. The number of phenolic OH excluding ortho intramolecular Hbond substituents is 1. The van der Waals surface area contributed by atoms with Gasteiger partial charge in [0.05, 0.1) is 6.54 Å². The lowest BCUT2D eigenvalue weighted by atomic mass is 9.96. The van der Waals surface area contributed by atoms with Crippen LogP contribution in [0.5, 0.6) is 5.75 Å². The highest BCUT2D eigenvalue weighted by molar-refractivity contribution is 5.99. The fraction of sp³-hybridized carbons (Fsp3) is 0.512. The number of hydrogen-bond donors (Lipinski definition) is 7. The van der Waals surface area contributed by atoms with Crippen molar-refractivity contribution in [2.45, 2.75) is 109 Å². The maximum atomic E-state index is 14.6. The van der Waals surface area contributed by atoms with Crippen molar-refractivity contribution in [3.05, 3.63) is 65.9 Å². The van der Waals surface area contributed by atoms with Crippen molar-refractivity contribution in [1.29, 1.82) is 0 Å². The predicted molar refractivity (Wildman–Crippen MR) is 218 cm³/mol. The van der Waals surface area contributed by atoms with E-state index in [1.807, 2.05) is 38.1 Å². The summed E-state index contributed by atoms with van der Waals surface area (Å²) in [6.07, 6.45) is 4.09. The van der Waals surface area contributed by atoms with E-state index in [0.717, 1.165) is 16.5 Å². The number of fused-ring (bicyclic) bond motifs is 3. The number of benzene rings is 2. The Morgan fingerprint density at radius 3 is 2.02 bits per heavy atom. The van der Waals surface area contributed by atoms with Gasteiger partial charge in [0, 0.05) is 43.0 Å². The second kappa shape index (κ2) is 18.8. The molecule has 0 saturated carbocycles. The van der Waals surface area contributed by atoms with E-state index in [1.165, 1.54) is 21.9 Å². The molecule has 7 atom stereocenters. The first-order valence-electron chi connectivity index (χ1n) is 20.7. The smallest absolute Gasteiger partial charge is 0.246 e. The molecule has 0 spiro atoms. The third-order valence-corrected chi connectivity index (χ3v) is 11.9. The van der Waals surface area contributed by atoms with Crippen molar-refractivity contribution < 1.29 is 38.7 Å². The molecule has 16 heteroatoms. The van der Waals surface area contributed by atoms with Gasteiger partial charge in [-0.1, -0.05) is 64.4 Å². The average Bonchev–Trinajstić information content (AvgIpc) is 4.01. The lowest BCUT2D eigenvalue weighted by molar-refractivity contribution is -0.144. The lowest BCUT2D eigenvalue weighted by Gasteiger charge is -2.33. The highest BCUT2D eigenvalue weighted by atomic mass is 16.3. The molecule has 0 radical (unpaired) electrons. The van der Waals surface area contributed by atoms with Gasteiger partial charge in [0.25, 0.3) is 0 Å². The molecule has 0 unspecified atom stereocenters. The highest BCUT2D eigenvalue weighted by Crippen LogP contribution is 2.25. The minimum absolute atomic E-state index is 0.000301. The molecule has 0 bridgehead atoms. The summed E-state index contributed by atoms with van der Waals surface area (Å²) >= 11 is 0. The molecular weight excluding hydrogens is 757 g/mol. The minimum atomic E-state index is -1.19. The molecule has 16 nitrogen and oxygen atoms in total. The van der Waals surface area contributed by atoms with Crippen LogP contribution >= 0.6 is 0 Å². The maximum absolute atomic E-state index is 14.6. The van der Waals surface area contributed by atoms with Gasteiger partial charge in [-0.15, -0.1) is 0 Å². The number of nitrogens with zero attached hydrogens (tertiary/aromatic N) is 2. The first-order chi connectivity index (χ1) is 28.2. The Balaban J connectivity index is 1.35. The van der Waals surface area contributed by atoms with Crippen LogP contribution in [0.25, 0.3) is 10.9 Å². The van der Waals surface area contributed by atoms with Crippen LogP contribution < -0.4 is 26.6 Å². The number of H-pyrrole nitrogens is 1. The van der Waals surface area contributed by atoms with Gasteiger partial charge in [0.1, 0.15) is 42.0 Å². The molecule has 3 aromatic rings. The second-order valence-electron chi connectivity index (χ2n) is 16.3. The molecule has 6 rings (SSSR count). The van der Waals surface area contributed by atoms with Gasteiger partial charge in [0.15, 0.2) is 0 Å². The number of carbonyl (C=O) groups is 7. The van der Waals surface area contributed by atoms with Gasteiger partial charge in [-0.05, 0) is 66.8 Å². The van der Waals surface area contributed by atoms with Crippen LogP contribution in [0.15, 0.2) is 54.7 Å². The standard InChI is InChI=1S/C43H56N8O8/c1-5-25(4)37-41(57)47-32(21-27-22-44-30-11-7-6-10-29(27)30)42(58)50-18-8-12-33(50)39(55)45-23-35(53)46-31(20-26-14-16-28(52)17-15-26)38(54)48-36(24(2)3)43(59)51-19-9-13-34(51)40(56)49-37/h6-7,10-11,14-17,22,24-25,31-34,36-37,44,52H,5,8-9,12-13,18-21,23H2,1-4H3,(H,45,55)(H,46,53)(H,47,57)(H,48,54)(H,49,56)/t25-,31+,32+,33+,34+,36+,37+/m1/s1. The van der Waals surface area contributed by atoms with E-state index < -0.39 is 90.1 Å². The fourth-order valence-corrected chi connectivity index (χ4v) is 8.29.